The largest absolute Gasteiger partial charge is 0.384 e. The van der Waals surface area contributed by atoms with Crippen LogP contribution in [0, 0.1) is 11.8 Å². The summed E-state index contributed by atoms with van der Waals surface area (Å²) in [6.45, 7) is 3.26. The molecule has 2 unspecified atom stereocenters. The van der Waals surface area contributed by atoms with Crippen LogP contribution in [0.2, 0.25) is 0 Å². The number of para-hydroxylation sites is 1. The van der Waals surface area contributed by atoms with Crippen molar-refractivity contribution in [3.05, 3.63) is 29.8 Å². The molecule has 2 aliphatic heterocycles. The van der Waals surface area contributed by atoms with Crippen LogP contribution in [0.15, 0.2) is 24.3 Å². The highest BCUT2D eigenvalue weighted by Crippen LogP contribution is 2.27. The summed E-state index contributed by atoms with van der Waals surface area (Å²) in [5.41, 5.74) is 2.44. The molecule has 114 valence electrons. The van der Waals surface area contributed by atoms with E-state index < -0.39 is 0 Å². The van der Waals surface area contributed by atoms with E-state index in [1.807, 2.05) is 17.0 Å². The fourth-order valence-corrected chi connectivity index (χ4v) is 3.51. The Hall–Kier alpha value is -1.55. The number of nitrogens with zero attached hydrogens (tertiary/aromatic N) is 1. The summed E-state index contributed by atoms with van der Waals surface area (Å²) in [5, 5.41) is 3.40. The molecule has 4 heteroatoms. The van der Waals surface area contributed by atoms with Crippen LogP contribution >= 0.6 is 0 Å². The van der Waals surface area contributed by atoms with Gasteiger partial charge < -0.3 is 15.0 Å². The second kappa shape index (κ2) is 6.48. The van der Waals surface area contributed by atoms with E-state index in [1.165, 1.54) is 17.7 Å². The Morgan fingerprint density at radius 1 is 1.43 bits per heavy atom. The predicted molar refractivity (Wildman–Crippen MR) is 83.3 cm³/mol. The first-order valence-corrected chi connectivity index (χ1v) is 7.87. The van der Waals surface area contributed by atoms with Crippen LogP contribution < -0.4 is 5.32 Å². The van der Waals surface area contributed by atoms with Crippen LogP contribution in [0.3, 0.4) is 0 Å². The van der Waals surface area contributed by atoms with Crippen molar-refractivity contribution in [2.24, 2.45) is 11.8 Å². The van der Waals surface area contributed by atoms with Crippen molar-refractivity contribution in [2.75, 3.05) is 38.7 Å². The molecule has 1 aromatic rings. The lowest BCUT2D eigenvalue weighted by molar-refractivity contribution is -0.137. The first-order valence-electron chi connectivity index (χ1n) is 7.87. The molecule has 0 aromatic heterocycles. The van der Waals surface area contributed by atoms with Gasteiger partial charge in [-0.2, -0.15) is 0 Å². The molecule has 4 nitrogen and oxygen atoms in total. The zero-order valence-electron chi connectivity index (χ0n) is 12.7. The highest BCUT2D eigenvalue weighted by atomic mass is 16.5. The van der Waals surface area contributed by atoms with Crippen LogP contribution in [0.25, 0.3) is 0 Å². The maximum atomic E-state index is 12.8. The number of rotatable bonds is 3. The van der Waals surface area contributed by atoms with Crippen LogP contribution in [-0.4, -0.2) is 44.2 Å². The van der Waals surface area contributed by atoms with E-state index >= 15 is 0 Å². The topological polar surface area (TPSA) is 41.6 Å². The average Bonchev–Trinajstić information content (AvgIpc) is 2.54. The number of hydrogen-bond donors (Lipinski definition) is 1. The van der Waals surface area contributed by atoms with E-state index in [0.717, 1.165) is 39.1 Å². The summed E-state index contributed by atoms with van der Waals surface area (Å²) in [7, 11) is 1.74. The number of carbonyl (C=O) groups excluding carboxylic acids is 1. The fourth-order valence-electron chi connectivity index (χ4n) is 3.51. The van der Waals surface area contributed by atoms with Crippen LogP contribution in [-0.2, 0) is 16.0 Å². The van der Waals surface area contributed by atoms with Gasteiger partial charge in [0.25, 0.3) is 0 Å². The van der Waals surface area contributed by atoms with Gasteiger partial charge in [-0.1, -0.05) is 18.2 Å². The van der Waals surface area contributed by atoms with Crippen LogP contribution in [0.4, 0.5) is 5.69 Å². The predicted octanol–water partition coefficient (Wildman–Crippen LogP) is 2.16. The number of piperidine rings is 1. The Labute approximate surface area is 126 Å². The van der Waals surface area contributed by atoms with Crippen LogP contribution in [0.5, 0.6) is 0 Å². The van der Waals surface area contributed by atoms with Gasteiger partial charge in [-0.15, -0.1) is 0 Å². The second-order valence-corrected chi connectivity index (χ2v) is 6.19. The third kappa shape index (κ3) is 3.21. The zero-order chi connectivity index (χ0) is 14.7. The summed E-state index contributed by atoms with van der Waals surface area (Å²) >= 11 is 0. The van der Waals surface area contributed by atoms with Crippen LogP contribution in [0.1, 0.15) is 18.4 Å². The van der Waals surface area contributed by atoms with Gasteiger partial charge in [0.2, 0.25) is 5.91 Å². The minimum absolute atomic E-state index is 0.0706. The Morgan fingerprint density at radius 2 is 2.29 bits per heavy atom. The lowest BCUT2D eigenvalue weighted by Gasteiger charge is -2.36. The molecule has 3 rings (SSSR count). The lowest BCUT2D eigenvalue weighted by atomic mass is 9.91. The molecule has 0 bridgehead atoms. The molecule has 0 spiro atoms. The molecule has 1 N–H and O–H groups in total. The smallest absolute Gasteiger partial charge is 0.227 e. The number of nitrogens with one attached hydrogen (secondary N) is 1. The van der Waals surface area contributed by atoms with Crippen molar-refractivity contribution in [2.45, 2.75) is 19.3 Å². The van der Waals surface area contributed by atoms with Gasteiger partial charge in [-0.25, -0.2) is 0 Å². The maximum Gasteiger partial charge on any atom is 0.227 e. The number of methoxy groups -OCH3 is 1. The first-order chi connectivity index (χ1) is 10.3. The van der Waals surface area contributed by atoms with E-state index in [0.29, 0.717) is 11.8 Å². The van der Waals surface area contributed by atoms with Gasteiger partial charge >= 0.3 is 0 Å². The number of amides is 1. The number of carbonyl (C=O) groups is 1. The molecular weight excluding hydrogens is 264 g/mol. The van der Waals surface area contributed by atoms with E-state index in [1.54, 1.807) is 7.11 Å². The summed E-state index contributed by atoms with van der Waals surface area (Å²) in [6, 6.07) is 8.29. The summed E-state index contributed by atoms with van der Waals surface area (Å²) in [5.74, 6) is 0.871. The number of likely N-dealkylation sites (tertiary alicyclic amines) is 1. The second-order valence-electron chi connectivity index (χ2n) is 6.19. The molecule has 2 atom stereocenters. The number of fused-ring (bicyclic) bond motifs is 1. The molecule has 21 heavy (non-hydrogen) atoms. The highest BCUT2D eigenvalue weighted by Gasteiger charge is 2.31. The van der Waals surface area contributed by atoms with E-state index in [4.69, 9.17) is 4.74 Å². The molecule has 0 aliphatic carbocycles. The van der Waals surface area contributed by atoms with Gasteiger partial charge in [-0.05, 0) is 36.8 Å². The minimum Gasteiger partial charge on any atom is -0.384 e. The number of ether oxygens (including phenoxy) is 1. The lowest BCUT2D eigenvalue weighted by Crippen LogP contribution is -2.46. The summed E-state index contributed by atoms with van der Waals surface area (Å²) < 4.78 is 5.25. The zero-order valence-corrected chi connectivity index (χ0v) is 12.7. The van der Waals surface area contributed by atoms with Gasteiger partial charge in [0.05, 0.1) is 12.5 Å². The van der Waals surface area contributed by atoms with Crippen molar-refractivity contribution in [3.8, 4) is 0 Å². The van der Waals surface area contributed by atoms with Crippen molar-refractivity contribution in [1.82, 2.24) is 4.90 Å². The standard InChI is InChI=1S/C17H24N2O2/c1-21-12-13-5-4-8-19(11-13)17(20)15-9-14-6-2-3-7-16(14)18-10-15/h2-3,6-7,13,15,18H,4-5,8-12H2,1H3. The van der Waals surface area contributed by atoms with Gasteiger partial charge in [0.15, 0.2) is 0 Å². The monoisotopic (exact) mass is 288 g/mol. The van der Waals surface area contributed by atoms with E-state index in [2.05, 4.69) is 17.4 Å². The number of anilines is 1. The third-order valence-corrected chi connectivity index (χ3v) is 4.60. The molecule has 2 heterocycles. The Balaban J connectivity index is 1.63. The average molecular weight is 288 g/mol. The Morgan fingerprint density at radius 3 is 3.14 bits per heavy atom. The quantitative estimate of drug-likeness (QED) is 0.926. The number of benzene rings is 1. The third-order valence-electron chi connectivity index (χ3n) is 4.60. The number of hydrogen-bond acceptors (Lipinski definition) is 3. The maximum absolute atomic E-state index is 12.8. The molecule has 1 saturated heterocycles. The van der Waals surface area contributed by atoms with E-state index in [-0.39, 0.29) is 5.92 Å². The molecule has 0 saturated carbocycles. The SMILES string of the molecule is COCC1CCCN(C(=O)C2CNc3ccccc3C2)C1. The fraction of sp³-hybridized carbons (Fsp3) is 0.588. The summed E-state index contributed by atoms with van der Waals surface area (Å²) in [6.07, 6.45) is 3.12. The van der Waals surface area contributed by atoms with Gasteiger partial charge in [-0.3, -0.25) is 4.79 Å². The molecule has 1 fully saturated rings. The minimum atomic E-state index is 0.0706. The van der Waals surface area contributed by atoms with Crippen molar-refractivity contribution in [1.29, 1.82) is 0 Å². The van der Waals surface area contributed by atoms with E-state index in [9.17, 15) is 4.79 Å². The van der Waals surface area contributed by atoms with Gasteiger partial charge in [0.1, 0.15) is 0 Å². The van der Waals surface area contributed by atoms with Crippen molar-refractivity contribution < 1.29 is 9.53 Å². The van der Waals surface area contributed by atoms with Crippen molar-refractivity contribution >= 4 is 11.6 Å². The molecule has 1 amide bonds. The van der Waals surface area contributed by atoms with Gasteiger partial charge in [0, 0.05) is 32.4 Å². The Bertz CT molecular complexity index is 501. The molecule has 2 aliphatic rings. The molecule has 1 aromatic carbocycles. The first kappa shape index (κ1) is 14.4. The summed E-state index contributed by atoms with van der Waals surface area (Å²) in [4.78, 5) is 14.8. The normalized spacial score (nSPS) is 25.1. The molecular formula is C17H24N2O2. The molecule has 0 radical (unpaired) electrons. The van der Waals surface area contributed by atoms with Crippen molar-refractivity contribution in [3.63, 3.8) is 0 Å². The highest BCUT2D eigenvalue weighted by molar-refractivity contribution is 5.81. The Kier molecular flexibility index (Phi) is 4.44.